The van der Waals surface area contributed by atoms with Crippen molar-refractivity contribution in [1.82, 2.24) is 4.90 Å². The van der Waals surface area contributed by atoms with Crippen LogP contribution in [0.5, 0.6) is 0 Å². The molecule has 1 N–H and O–H groups in total. The van der Waals surface area contributed by atoms with Crippen LogP contribution in [0.1, 0.15) is 12.0 Å². The maximum atomic E-state index is 12.1. The van der Waals surface area contributed by atoms with E-state index in [1.807, 2.05) is 24.3 Å². The lowest BCUT2D eigenvalue weighted by Crippen LogP contribution is -2.30. The van der Waals surface area contributed by atoms with Gasteiger partial charge in [-0.2, -0.15) is 0 Å². The third-order valence-electron chi connectivity index (χ3n) is 2.59. The van der Waals surface area contributed by atoms with Gasteiger partial charge in [-0.25, -0.2) is 0 Å². The van der Waals surface area contributed by atoms with Crippen LogP contribution in [0.2, 0.25) is 0 Å². The lowest BCUT2D eigenvalue weighted by atomic mass is 10.2. The van der Waals surface area contributed by atoms with Gasteiger partial charge in [0.2, 0.25) is 0 Å². The van der Waals surface area contributed by atoms with Crippen LogP contribution < -0.4 is 0 Å². The smallest absolute Gasteiger partial charge is 0.305 e. The number of carboxylic acid groups (broad SMARTS) is 1. The summed E-state index contributed by atoms with van der Waals surface area (Å²) in [6.45, 7) is 0.109. The van der Waals surface area contributed by atoms with Gasteiger partial charge in [0.15, 0.2) is 0 Å². The summed E-state index contributed by atoms with van der Waals surface area (Å²) in [4.78, 5) is 24.6. The molecule has 0 atom stereocenters. The molecule has 4 nitrogen and oxygen atoms in total. The normalized spacial score (nSPS) is 17.1. The molecule has 1 saturated heterocycles. The van der Waals surface area contributed by atoms with E-state index in [1.165, 1.54) is 16.7 Å². The predicted octanol–water partition coefficient (Wildman–Crippen LogP) is 3.13. The lowest BCUT2D eigenvalue weighted by Gasteiger charge is -2.12. The topological polar surface area (TPSA) is 57.6 Å². The summed E-state index contributed by atoms with van der Waals surface area (Å²) < 4.78 is 1.36. The zero-order valence-corrected chi connectivity index (χ0v) is 13.4. The number of aliphatic carboxylic acids is 1. The fourth-order valence-electron chi connectivity index (χ4n) is 1.61. The summed E-state index contributed by atoms with van der Waals surface area (Å²) in [5.41, 5.74) is 0.895. The average molecular weight is 372 g/mol. The molecule has 1 aliphatic rings. The van der Waals surface area contributed by atoms with Crippen molar-refractivity contribution in [2.75, 3.05) is 6.54 Å². The number of rotatable bonds is 4. The second-order valence-electron chi connectivity index (χ2n) is 4.03. The Morgan fingerprint density at radius 3 is 2.65 bits per heavy atom. The number of carbonyl (C=O) groups excluding carboxylic acids is 1. The minimum absolute atomic E-state index is 0.109. The highest BCUT2D eigenvalue weighted by Crippen LogP contribution is 2.32. The lowest BCUT2D eigenvalue weighted by molar-refractivity contribution is -0.137. The molecule has 0 aromatic heterocycles. The molecule has 1 fully saturated rings. The summed E-state index contributed by atoms with van der Waals surface area (Å²) in [6, 6.07) is 7.54. The number of hydrogen-bond donors (Lipinski definition) is 1. The van der Waals surface area contributed by atoms with Crippen LogP contribution in [0.3, 0.4) is 0 Å². The molecule has 104 valence electrons. The number of benzene rings is 1. The number of hydrogen-bond acceptors (Lipinski definition) is 4. The van der Waals surface area contributed by atoms with Gasteiger partial charge >= 0.3 is 5.97 Å². The third kappa shape index (κ3) is 3.68. The highest BCUT2D eigenvalue weighted by atomic mass is 79.9. The second-order valence-corrected chi connectivity index (χ2v) is 6.62. The van der Waals surface area contributed by atoms with E-state index in [-0.39, 0.29) is 18.9 Å². The number of carbonyl (C=O) groups is 2. The van der Waals surface area contributed by atoms with Gasteiger partial charge in [0.25, 0.3) is 5.91 Å². The number of nitrogens with zero attached hydrogens (tertiary/aromatic N) is 1. The molecular formula is C13H10BrNO3S2. The van der Waals surface area contributed by atoms with E-state index in [2.05, 4.69) is 15.9 Å². The van der Waals surface area contributed by atoms with Crippen LogP contribution in [-0.2, 0) is 9.59 Å². The fraction of sp³-hybridized carbons (Fsp3) is 0.154. The Kier molecular flexibility index (Phi) is 4.95. The van der Waals surface area contributed by atoms with Gasteiger partial charge in [-0.15, -0.1) is 0 Å². The molecule has 0 unspecified atom stereocenters. The Hall–Kier alpha value is -1.18. The van der Waals surface area contributed by atoms with Gasteiger partial charge in [0.05, 0.1) is 11.3 Å². The van der Waals surface area contributed by atoms with Crippen molar-refractivity contribution >= 4 is 62.2 Å². The first-order valence-electron chi connectivity index (χ1n) is 5.70. The molecule has 0 aliphatic carbocycles. The molecule has 20 heavy (non-hydrogen) atoms. The van der Waals surface area contributed by atoms with Gasteiger partial charge < -0.3 is 5.11 Å². The van der Waals surface area contributed by atoms with Crippen LogP contribution in [0.4, 0.5) is 0 Å². The van der Waals surface area contributed by atoms with Crippen LogP contribution in [0, 0.1) is 0 Å². The highest BCUT2D eigenvalue weighted by molar-refractivity contribution is 9.10. The molecule has 1 aliphatic heterocycles. The quantitative estimate of drug-likeness (QED) is 0.650. The Balaban J connectivity index is 2.14. The molecule has 1 aromatic rings. The third-order valence-corrected chi connectivity index (χ3v) is 4.50. The van der Waals surface area contributed by atoms with E-state index < -0.39 is 5.97 Å². The number of thioether (sulfide) groups is 1. The summed E-state index contributed by atoms with van der Waals surface area (Å²) in [5.74, 6) is -1.18. The first-order chi connectivity index (χ1) is 9.47. The van der Waals surface area contributed by atoms with E-state index in [0.717, 1.165) is 10.0 Å². The van der Waals surface area contributed by atoms with Crippen molar-refractivity contribution in [3.63, 3.8) is 0 Å². The van der Waals surface area contributed by atoms with Gasteiger partial charge in [0.1, 0.15) is 4.32 Å². The van der Waals surface area contributed by atoms with Crippen LogP contribution in [0.25, 0.3) is 6.08 Å². The molecule has 1 amide bonds. The summed E-state index contributed by atoms with van der Waals surface area (Å²) >= 11 is 9.65. The first-order valence-corrected chi connectivity index (χ1v) is 7.72. The Labute approximate surface area is 134 Å². The maximum absolute atomic E-state index is 12.1. The number of carboxylic acids is 1. The van der Waals surface area contributed by atoms with Crippen molar-refractivity contribution in [2.45, 2.75) is 6.42 Å². The van der Waals surface area contributed by atoms with Crippen molar-refractivity contribution in [3.8, 4) is 0 Å². The van der Waals surface area contributed by atoms with E-state index in [1.54, 1.807) is 6.08 Å². The van der Waals surface area contributed by atoms with E-state index in [0.29, 0.717) is 9.23 Å². The van der Waals surface area contributed by atoms with Crippen LogP contribution in [-0.4, -0.2) is 32.7 Å². The molecule has 1 aromatic carbocycles. The van der Waals surface area contributed by atoms with Gasteiger partial charge in [-0.3, -0.25) is 14.5 Å². The van der Waals surface area contributed by atoms with E-state index in [4.69, 9.17) is 17.3 Å². The Morgan fingerprint density at radius 2 is 2.05 bits per heavy atom. The molecule has 0 radical (unpaired) electrons. The molecule has 0 saturated carbocycles. The summed E-state index contributed by atoms with van der Waals surface area (Å²) in [5, 5.41) is 8.67. The molecule has 1 heterocycles. The number of amides is 1. The monoisotopic (exact) mass is 371 g/mol. The standard InChI is InChI=1S/C13H10BrNO3S2/c14-9-3-1-8(2-4-9)7-10-12(18)15(13(19)20-10)6-5-11(16)17/h1-4,7H,5-6H2,(H,16,17)/b10-7+. The Bertz CT molecular complexity index is 598. The number of halogens is 1. The average Bonchev–Trinajstić information content (AvgIpc) is 2.65. The van der Waals surface area contributed by atoms with E-state index >= 15 is 0 Å². The summed E-state index contributed by atoms with van der Waals surface area (Å²) in [6.07, 6.45) is 1.64. The second kappa shape index (κ2) is 6.51. The highest BCUT2D eigenvalue weighted by Gasteiger charge is 2.31. The molecular weight excluding hydrogens is 362 g/mol. The minimum Gasteiger partial charge on any atom is -0.481 e. The molecule has 0 bridgehead atoms. The van der Waals surface area contributed by atoms with Gasteiger partial charge in [0, 0.05) is 11.0 Å². The van der Waals surface area contributed by atoms with Crippen molar-refractivity contribution < 1.29 is 14.7 Å². The minimum atomic E-state index is -0.948. The van der Waals surface area contributed by atoms with Crippen LogP contribution >= 0.6 is 39.9 Å². The maximum Gasteiger partial charge on any atom is 0.305 e. The predicted molar refractivity (Wildman–Crippen MR) is 86.3 cm³/mol. The van der Waals surface area contributed by atoms with Crippen molar-refractivity contribution in [3.05, 3.63) is 39.2 Å². The van der Waals surface area contributed by atoms with Crippen LogP contribution in [0.15, 0.2) is 33.6 Å². The zero-order chi connectivity index (χ0) is 14.7. The van der Waals surface area contributed by atoms with Crippen molar-refractivity contribution in [2.24, 2.45) is 0 Å². The molecule has 2 rings (SSSR count). The van der Waals surface area contributed by atoms with Crippen molar-refractivity contribution in [1.29, 1.82) is 0 Å². The Morgan fingerprint density at radius 1 is 1.40 bits per heavy atom. The van der Waals surface area contributed by atoms with E-state index in [9.17, 15) is 9.59 Å². The fourth-order valence-corrected chi connectivity index (χ4v) is 3.18. The molecule has 0 spiro atoms. The molecule has 7 heteroatoms. The van der Waals surface area contributed by atoms with Gasteiger partial charge in [-0.1, -0.05) is 52.0 Å². The van der Waals surface area contributed by atoms with Gasteiger partial charge in [-0.05, 0) is 23.8 Å². The largest absolute Gasteiger partial charge is 0.481 e. The first kappa shape index (κ1) is 15.2. The SMILES string of the molecule is O=C(O)CCN1C(=O)/C(=C\c2ccc(Br)cc2)SC1=S. The summed E-state index contributed by atoms with van der Waals surface area (Å²) in [7, 11) is 0. The number of thiocarbonyl (C=S) groups is 1. The zero-order valence-electron chi connectivity index (χ0n) is 10.2.